The quantitative estimate of drug-likeness (QED) is 0.844. The molecule has 0 atom stereocenters. The Morgan fingerprint density at radius 3 is 2.56 bits per heavy atom. The second-order valence-electron chi connectivity index (χ2n) is 5.73. The number of hydrogen-bond donors (Lipinski definition) is 2. The maximum atomic E-state index is 9.55. The molecule has 1 aromatic rings. The monoisotopic (exact) mass is 248 g/mol. The third kappa shape index (κ3) is 3.10. The molecule has 0 amide bonds. The van der Waals surface area contributed by atoms with Crippen molar-refractivity contribution in [3.63, 3.8) is 0 Å². The molecule has 2 rings (SSSR count). The normalized spacial score (nSPS) is 17.9. The van der Waals surface area contributed by atoms with Crippen molar-refractivity contribution in [3.05, 3.63) is 35.4 Å². The first-order valence-corrected chi connectivity index (χ1v) is 6.76. The summed E-state index contributed by atoms with van der Waals surface area (Å²) in [5.74, 6) is 0. The molecule has 0 saturated carbocycles. The van der Waals surface area contributed by atoms with Crippen LogP contribution in [-0.4, -0.2) is 42.8 Å². The number of nitrogens with one attached hydrogen (secondary N) is 1. The van der Waals surface area contributed by atoms with Gasteiger partial charge >= 0.3 is 0 Å². The van der Waals surface area contributed by atoms with Gasteiger partial charge in [0.05, 0.1) is 6.61 Å². The summed E-state index contributed by atoms with van der Waals surface area (Å²) in [7, 11) is 0. The highest BCUT2D eigenvalue weighted by Crippen LogP contribution is 2.26. The average molecular weight is 248 g/mol. The topological polar surface area (TPSA) is 35.5 Å². The lowest BCUT2D eigenvalue weighted by atomic mass is 9.82. The van der Waals surface area contributed by atoms with Gasteiger partial charge in [0.25, 0.3) is 0 Å². The smallest absolute Gasteiger partial charge is 0.0522 e. The molecule has 2 N–H and O–H groups in total. The van der Waals surface area contributed by atoms with E-state index in [1.807, 2.05) is 0 Å². The van der Waals surface area contributed by atoms with Gasteiger partial charge < -0.3 is 10.4 Å². The maximum Gasteiger partial charge on any atom is 0.0522 e. The van der Waals surface area contributed by atoms with Crippen LogP contribution >= 0.6 is 0 Å². The van der Waals surface area contributed by atoms with Crippen molar-refractivity contribution in [2.75, 3.05) is 32.8 Å². The van der Waals surface area contributed by atoms with Crippen LogP contribution in [0.3, 0.4) is 0 Å². The zero-order valence-electron chi connectivity index (χ0n) is 11.4. The van der Waals surface area contributed by atoms with Gasteiger partial charge in [-0.1, -0.05) is 38.1 Å². The molecule has 18 heavy (non-hydrogen) atoms. The Hall–Kier alpha value is -0.900. The lowest BCUT2D eigenvalue weighted by Gasteiger charge is -2.31. The lowest BCUT2D eigenvalue weighted by Crippen LogP contribution is -2.43. The second kappa shape index (κ2) is 5.83. The Morgan fingerprint density at radius 1 is 1.22 bits per heavy atom. The molecule has 1 fully saturated rings. The van der Waals surface area contributed by atoms with E-state index in [0.29, 0.717) is 0 Å². The molecule has 1 aromatic carbocycles. The van der Waals surface area contributed by atoms with E-state index in [2.05, 4.69) is 48.3 Å². The van der Waals surface area contributed by atoms with E-state index in [4.69, 9.17) is 0 Å². The SMILES string of the molecule is CC(C)(CO)c1ccccc1CN1CCNCC1. The summed E-state index contributed by atoms with van der Waals surface area (Å²) in [4.78, 5) is 2.47. The van der Waals surface area contributed by atoms with Crippen LogP contribution in [0.25, 0.3) is 0 Å². The van der Waals surface area contributed by atoms with Gasteiger partial charge in [0.1, 0.15) is 0 Å². The Morgan fingerprint density at radius 2 is 1.89 bits per heavy atom. The van der Waals surface area contributed by atoms with Gasteiger partial charge in [-0.2, -0.15) is 0 Å². The van der Waals surface area contributed by atoms with Crippen molar-refractivity contribution in [1.29, 1.82) is 0 Å². The molecule has 1 aliphatic rings. The van der Waals surface area contributed by atoms with Crippen molar-refractivity contribution in [3.8, 4) is 0 Å². The maximum absolute atomic E-state index is 9.55. The number of aliphatic hydroxyl groups excluding tert-OH is 1. The average Bonchev–Trinajstić information content (AvgIpc) is 2.40. The molecule has 100 valence electrons. The number of piperazine rings is 1. The van der Waals surface area contributed by atoms with Crippen molar-refractivity contribution in [2.45, 2.75) is 25.8 Å². The van der Waals surface area contributed by atoms with Gasteiger partial charge in [0.2, 0.25) is 0 Å². The van der Waals surface area contributed by atoms with Crippen LogP contribution in [0.4, 0.5) is 0 Å². The molecule has 1 saturated heterocycles. The number of aliphatic hydroxyl groups is 1. The van der Waals surface area contributed by atoms with Gasteiger partial charge in [0.15, 0.2) is 0 Å². The summed E-state index contributed by atoms with van der Waals surface area (Å²) in [6.45, 7) is 9.74. The van der Waals surface area contributed by atoms with Crippen molar-refractivity contribution >= 4 is 0 Å². The minimum Gasteiger partial charge on any atom is -0.395 e. The summed E-state index contributed by atoms with van der Waals surface area (Å²) >= 11 is 0. The van der Waals surface area contributed by atoms with Gasteiger partial charge in [-0.15, -0.1) is 0 Å². The molecule has 3 heteroatoms. The van der Waals surface area contributed by atoms with Crippen molar-refractivity contribution in [1.82, 2.24) is 10.2 Å². The lowest BCUT2D eigenvalue weighted by molar-refractivity contribution is 0.210. The molecule has 0 spiro atoms. The largest absolute Gasteiger partial charge is 0.395 e. The molecule has 0 aromatic heterocycles. The third-order valence-electron chi connectivity index (χ3n) is 3.75. The Balaban J connectivity index is 2.16. The zero-order chi connectivity index (χ0) is 13.0. The predicted octanol–water partition coefficient (Wildman–Crippen LogP) is 1.36. The van der Waals surface area contributed by atoms with E-state index in [-0.39, 0.29) is 12.0 Å². The van der Waals surface area contributed by atoms with Gasteiger partial charge in [0, 0.05) is 38.1 Å². The second-order valence-corrected chi connectivity index (χ2v) is 5.73. The summed E-state index contributed by atoms with van der Waals surface area (Å²) in [5.41, 5.74) is 2.45. The number of nitrogens with zero attached hydrogens (tertiary/aromatic N) is 1. The minimum atomic E-state index is -0.162. The highest BCUT2D eigenvalue weighted by atomic mass is 16.3. The molecule has 1 heterocycles. The number of benzene rings is 1. The summed E-state index contributed by atoms with van der Waals surface area (Å²) in [6.07, 6.45) is 0. The van der Waals surface area contributed by atoms with Crippen molar-refractivity contribution in [2.24, 2.45) is 0 Å². The molecular weight excluding hydrogens is 224 g/mol. The van der Waals surface area contributed by atoms with Crippen LogP contribution in [0.15, 0.2) is 24.3 Å². The van der Waals surface area contributed by atoms with E-state index >= 15 is 0 Å². The summed E-state index contributed by atoms with van der Waals surface area (Å²) in [6, 6.07) is 8.49. The van der Waals surface area contributed by atoms with Crippen LogP contribution in [0.5, 0.6) is 0 Å². The minimum absolute atomic E-state index is 0.162. The van der Waals surface area contributed by atoms with Crippen LogP contribution in [0, 0.1) is 0 Å². The van der Waals surface area contributed by atoms with Crippen LogP contribution < -0.4 is 5.32 Å². The Bertz CT molecular complexity index is 384. The Kier molecular flexibility index (Phi) is 4.38. The highest BCUT2D eigenvalue weighted by Gasteiger charge is 2.23. The van der Waals surface area contributed by atoms with E-state index in [9.17, 15) is 5.11 Å². The van der Waals surface area contributed by atoms with Gasteiger partial charge in [-0.25, -0.2) is 0 Å². The highest BCUT2D eigenvalue weighted by molar-refractivity contribution is 5.33. The summed E-state index contributed by atoms with van der Waals surface area (Å²) < 4.78 is 0. The zero-order valence-corrected chi connectivity index (χ0v) is 11.4. The molecule has 0 aliphatic carbocycles. The number of rotatable bonds is 4. The molecule has 3 nitrogen and oxygen atoms in total. The van der Waals surface area contributed by atoms with Crippen LogP contribution in [-0.2, 0) is 12.0 Å². The molecule has 0 bridgehead atoms. The van der Waals surface area contributed by atoms with E-state index < -0.39 is 0 Å². The molecule has 0 radical (unpaired) electrons. The van der Waals surface area contributed by atoms with Crippen LogP contribution in [0.1, 0.15) is 25.0 Å². The molecule has 0 unspecified atom stereocenters. The fourth-order valence-electron chi connectivity index (χ4n) is 2.51. The van der Waals surface area contributed by atoms with Gasteiger partial charge in [-0.05, 0) is 11.1 Å². The predicted molar refractivity (Wildman–Crippen MR) is 74.7 cm³/mol. The van der Waals surface area contributed by atoms with E-state index in [1.54, 1.807) is 0 Å². The van der Waals surface area contributed by atoms with E-state index in [1.165, 1.54) is 11.1 Å². The first kappa shape index (κ1) is 13.5. The fraction of sp³-hybridized carbons (Fsp3) is 0.600. The first-order chi connectivity index (χ1) is 8.63. The third-order valence-corrected chi connectivity index (χ3v) is 3.75. The van der Waals surface area contributed by atoms with Crippen molar-refractivity contribution < 1.29 is 5.11 Å². The Labute approximate surface area is 110 Å². The molecular formula is C15H24N2O. The van der Waals surface area contributed by atoms with Crippen LogP contribution in [0.2, 0.25) is 0 Å². The standard InChI is InChI=1S/C15H24N2O/c1-15(2,12-18)14-6-4-3-5-13(14)11-17-9-7-16-8-10-17/h3-6,16,18H,7-12H2,1-2H3. The summed E-state index contributed by atoms with van der Waals surface area (Å²) in [5, 5.41) is 12.9. The van der Waals surface area contributed by atoms with E-state index in [0.717, 1.165) is 32.7 Å². The number of hydrogen-bond acceptors (Lipinski definition) is 3. The van der Waals surface area contributed by atoms with Gasteiger partial charge in [-0.3, -0.25) is 4.90 Å². The first-order valence-electron chi connectivity index (χ1n) is 6.76. The molecule has 1 aliphatic heterocycles. The fourth-order valence-corrected chi connectivity index (χ4v) is 2.51.